The first-order valence-electron chi connectivity index (χ1n) is 5.41. The maximum absolute atomic E-state index is 4.17. The highest BCUT2D eigenvalue weighted by atomic mass is 15.0. The van der Waals surface area contributed by atoms with Crippen molar-refractivity contribution < 1.29 is 0 Å². The van der Waals surface area contributed by atoms with Crippen LogP contribution in [0.15, 0.2) is 18.6 Å². The van der Waals surface area contributed by atoms with E-state index in [0.717, 1.165) is 11.7 Å². The van der Waals surface area contributed by atoms with Gasteiger partial charge in [-0.05, 0) is 24.8 Å². The number of nitrogens with one attached hydrogen (secondary N) is 1. The van der Waals surface area contributed by atoms with Crippen LogP contribution in [0.1, 0.15) is 32.6 Å². The number of hydrogen-bond donors (Lipinski definition) is 1. The minimum absolute atomic E-state index is 0.581. The third-order valence-electron chi connectivity index (χ3n) is 2.74. The van der Waals surface area contributed by atoms with E-state index in [-0.39, 0.29) is 0 Å². The van der Waals surface area contributed by atoms with Crippen LogP contribution >= 0.6 is 0 Å². The first kappa shape index (κ1) is 9.44. The number of anilines is 1. The summed E-state index contributed by atoms with van der Waals surface area (Å²) in [4.78, 5) is 8.07. The maximum Gasteiger partial charge on any atom is 0.129 e. The second-order valence-corrected chi connectivity index (χ2v) is 4.02. The van der Waals surface area contributed by atoms with Crippen molar-refractivity contribution >= 4 is 5.82 Å². The van der Waals surface area contributed by atoms with E-state index in [4.69, 9.17) is 0 Å². The van der Waals surface area contributed by atoms with Gasteiger partial charge in [0.1, 0.15) is 12.1 Å². The van der Waals surface area contributed by atoms with Gasteiger partial charge in [-0.15, -0.1) is 0 Å². The molecule has 1 N–H and O–H groups in total. The van der Waals surface area contributed by atoms with Gasteiger partial charge >= 0.3 is 0 Å². The van der Waals surface area contributed by atoms with Crippen molar-refractivity contribution in [1.29, 1.82) is 0 Å². The zero-order valence-corrected chi connectivity index (χ0v) is 8.61. The summed E-state index contributed by atoms with van der Waals surface area (Å²) in [6.07, 6.45) is 8.66. The van der Waals surface area contributed by atoms with E-state index in [0.29, 0.717) is 6.04 Å². The fourth-order valence-corrected chi connectivity index (χ4v) is 1.67. The van der Waals surface area contributed by atoms with Crippen molar-refractivity contribution in [2.45, 2.75) is 38.6 Å². The molecule has 3 nitrogen and oxygen atoms in total. The van der Waals surface area contributed by atoms with Gasteiger partial charge in [-0.2, -0.15) is 0 Å². The van der Waals surface area contributed by atoms with Crippen LogP contribution in [0.3, 0.4) is 0 Å². The molecule has 0 amide bonds. The Morgan fingerprint density at radius 1 is 1.57 bits per heavy atom. The minimum Gasteiger partial charge on any atom is -0.367 e. The molecular weight excluding hydrogens is 174 g/mol. The van der Waals surface area contributed by atoms with Crippen LogP contribution in [-0.2, 0) is 0 Å². The molecule has 1 aliphatic carbocycles. The Hall–Kier alpha value is -1.12. The second-order valence-electron chi connectivity index (χ2n) is 4.02. The van der Waals surface area contributed by atoms with Crippen LogP contribution in [0.2, 0.25) is 0 Å². The Kier molecular flexibility index (Phi) is 2.96. The lowest BCUT2D eigenvalue weighted by Gasteiger charge is -2.16. The Morgan fingerprint density at radius 2 is 2.43 bits per heavy atom. The highest BCUT2D eigenvalue weighted by Gasteiger charge is 2.24. The first-order chi connectivity index (χ1) is 6.88. The van der Waals surface area contributed by atoms with Crippen molar-refractivity contribution in [1.82, 2.24) is 9.97 Å². The van der Waals surface area contributed by atoms with E-state index in [2.05, 4.69) is 22.2 Å². The molecule has 0 aromatic carbocycles. The van der Waals surface area contributed by atoms with Crippen molar-refractivity contribution in [3.63, 3.8) is 0 Å². The zero-order valence-electron chi connectivity index (χ0n) is 8.61. The van der Waals surface area contributed by atoms with Gasteiger partial charge in [0.15, 0.2) is 0 Å². The average molecular weight is 191 g/mol. The van der Waals surface area contributed by atoms with Gasteiger partial charge in [-0.3, -0.25) is 0 Å². The van der Waals surface area contributed by atoms with Crippen molar-refractivity contribution in [3.05, 3.63) is 18.6 Å². The summed E-state index contributed by atoms with van der Waals surface area (Å²) in [5, 5.41) is 3.45. The molecule has 1 saturated carbocycles. The molecular formula is C11H17N3. The Labute approximate surface area is 85.0 Å². The molecule has 1 unspecified atom stereocenters. The molecule has 2 rings (SSSR count). The quantitative estimate of drug-likeness (QED) is 0.777. The van der Waals surface area contributed by atoms with Crippen LogP contribution in [0.25, 0.3) is 0 Å². The SMILES string of the molecule is CCC(CC1CC1)Nc1ccncn1. The smallest absolute Gasteiger partial charge is 0.129 e. The average Bonchev–Trinajstić information content (AvgIpc) is 3.02. The standard InChI is InChI=1S/C11H17N3/c1-2-10(7-9-3-4-9)14-11-5-6-12-8-13-11/h5-6,8-10H,2-4,7H2,1H3,(H,12,13,14). The molecule has 76 valence electrons. The molecule has 1 aromatic heterocycles. The maximum atomic E-state index is 4.17. The van der Waals surface area contributed by atoms with E-state index < -0.39 is 0 Å². The fraction of sp³-hybridized carbons (Fsp3) is 0.636. The van der Waals surface area contributed by atoms with E-state index in [1.54, 1.807) is 12.5 Å². The van der Waals surface area contributed by atoms with Crippen molar-refractivity contribution in [3.8, 4) is 0 Å². The van der Waals surface area contributed by atoms with Gasteiger partial charge in [0.05, 0.1) is 0 Å². The highest BCUT2D eigenvalue weighted by molar-refractivity contribution is 5.32. The van der Waals surface area contributed by atoms with Crippen molar-refractivity contribution in [2.75, 3.05) is 5.32 Å². The van der Waals surface area contributed by atoms with Crippen LogP contribution in [0, 0.1) is 5.92 Å². The summed E-state index contributed by atoms with van der Waals surface area (Å²) in [7, 11) is 0. The summed E-state index contributed by atoms with van der Waals surface area (Å²) in [6, 6.07) is 2.51. The van der Waals surface area contributed by atoms with Gasteiger partial charge < -0.3 is 5.32 Å². The summed E-state index contributed by atoms with van der Waals surface area (Å²) in [5.74, 6) is 1.92. The van der Waals surface area contributed by atoms with Gasteiger partial charge in [0.2, 0.25) is 0 Å². The fourth-order valence-electron chi connectivity index (χ4n) is 1.67. The van der Waals surface area contributed by atoms with Crippen molar-refractivity contribution in [2.24, 2.45) is 5.92 Å². The van der Waals surface area contributed by atoms with E-state index in [9.17, 15) is 0 Å². The summed E-state index contributed by atoms with van der Waals surface area (Å²) < 4.78 is 0. The zero-order chi connectivity index (χ0) is 9.80. The van der Waals surface area contributed by atoms with Crippen LogP contribution in [0.4, 0.5) is 5.82 Å². The van der Waals surface area contributed by atoms with Gasteiger partial charge in [-0.1, -0.05) is 19.8 Å². The van der Waals surface area contributed by atoms with E-state index >= 15 is 0 Å². The molecule has 0 spiro atoms. The monoisotopic (exact) mass is 191 g/mol. The van der Waals surface area contributed by atoms with Crippen LogP contribution in [-0.4, -0.2) is 16.0 Å². The van der Waals surface area contributed by atoms with Gasteiger partial charge in [0.25, 0.3) is 0 Å². The van der Waals surface area contributed by atoms with E-state index in [1.807, 2.05) is 6.07 Å². The Balaban J connectivity index is 1.87. The predicted octanol–water partition coefficient (Wildman–Crippen LogP) is 2.47. The topological polar surface area (TPSA) is 37.8 Å². The molecule has 14 heavy (non-hydrogen) atoms. The normalized spacial score (nSPS) is 17.8. The van der Waals surface area contributed by atoms with Crippen LogP contribution < -0.4 is 5.32 Å². The Bertz CT molecular complexity index is 269. The lowest BCUT2D eigenvalue weighted by molar-refractivity contribution is 0.585. The third kappa shape index (κ3) is 2.69. The highest BCUT2D eigenvalue weighted by Crippen LogP contribution is 2.34. The molecule has 0 aliphatic heterocycles. The lowest BCUT2D eigenvalue weighted by Crippen LogP contribution is -2.19. The van der Waals surface area contributed by atoms with Gasteiger partial charge in [0, 0.05) is 12.2 Å². The van der Waals surface area contributed by atoms with Gasteiger partial charge in [-0.25, -0.2) is 9.97 Å². The summed E-state index contributed by atoms with van der Waals surface area (Å²) >= 11 is 0. The summed E-state index contributed by atoms with van der Waals surface area (Å²) in [5.41, 5.74) is 0. The molecule has 0 saturated heterocycles. The number of rotatable bonds is 5. The second kappa shape index (κ2) is 4.40. The lowest BCUT2D eigenvalue weighted by atomic mass is 10.1. The largest absolute Gasteiger partial charge is 0.367 e. The molecule has 1 aliphatic rings. The Morgan fingerprint density at radius 3 is 3.00 bits per heavy atom. The first-order valence-corrected chi connectivity index (χ1v) is 5.41. The van der Waals surface area contributed by atoms with Crippen LogP contribution in [0.5, 0.6) is 0 Å². The summed E-state index contributed by atoms with van der Waals surface area (Å²) in [6.45, 7) is 2.22. The molecule has 1 fully saturated rings. The number of nitrogens with zero attached hydrogens (tertiary/aromatic N) is 2. The molecule has 1 aromatic rings. The molecule has 1 atom stereocenters. The number of aromatic nitrogens is 2. The molecule has 3 heteroatoms. The molecule has 1 heterocycles. The third-order valence-corrected chi connectivity index (χ3v) is 2.74. The predicted molar refractivity (Wildman–Crippen MR) is 57.1 cm³/mol. The molecule has 0 bridgehead atoms. The van der Waals surface area contributed by atoms with E-state index in [1.165, 1.54) is 25.7 Å². The molecule has 0 radical (unpaired) electrons. The minimum atomic E-state index is 0.581. The number of hydrogen-bond acceptors (Lipinski definition) is 3.